The highest BCUT2D eigenvalue weighted by molar-refractivity contribution is 4.97. The van der Waals surface area contributed by atoms with E-state index in [0.717, 1.165) is 45.8 Å². The summed E-state index contributed by atoms with van der Waals surface area (Å²) in [5.74, 6) is 1.18. The molecule has 0 spiro atoms. The fourth-order valence-electron chi connectivity index (χ4n) is 2.61. The molecule has 20 heavy (non-hydrogen) atoms. The van der Waals surface area contributed by atoms with Crippen LogP contribution in [0.5, 0.6) is 0 Å². The molecule has 2 aliphatic heterocycles. The number of rotatable bonds is 4. The van der Waals surface area contributed by atoms with Gasteiger partial charge in [-0.05, 0) is 13.0 Å². The van der Waals surface area contributed by atoms with Gasteiger partial charge in [0.1, 0.15) is 12.2 Å². The zero-order chi connectivity index (χ0) is 13.8. The first-order valence-corrected chi connectivity index (χ1v) is 7.36. The van der Waals surface area contributed by atoms with Gasteiger partial charge in [-0.2, -0.15) is 4.98 Å². The van der Waals surface area contributed by atoms with Gasteiger partial charge in [-0.25, -0.2) is 0 Å². The molecule has 112 valence electrons. The summed E-state index contributed by atoms with van der Waals surface area (Å²) in [6.07, 6.45) is 0.913. The van der Waals surface area contributed by atoms with Crippen molar-refractivity contribution in [2.45, 2.75) is 25.6 Å². The van der Waals surface area contributed by atoms with Gasteiger partial charge < -0.3 is 19.3 Å². The molecule has 7 heteroatoms. The van der Waals surface area contributed by atoms with Crippen molar-refractivity contribution in [3.05, 3.63) is 11.7 Å². The Morgan fingerprint density at radius 2 is 2.20 bits per heavy atom. The monoisotopic (exact) mass is 282 g/mol. The Morgan fingerprint density at radius 3 is 3.00 bits per heavy atom. The van der Waals surface area contributed by atoms with Crippen LogP contribution in [-0.2, 0) is 9.47 Å². The lowest BCUT2D eigenvalue weighted by Gasteiger charge is -2.30. The summed E-state index contributed by atoms with van der Waals surface area (Å²) in [7, 11) is 0. The van der Waals surface area contributed by atoms with Crippen molar-refractivity contribution >= 4 is 0 Å². The van der Waals surface area contributed by atoms with Crippen molar-refractivity contribution in [1.29, 1.82) is 0 Å². The molecule has 3 heterocycles. The molecule has 1 N–H and O–H groups in total. The molecule has 2 atom stereocenters. The maximum absolute atomic E-state index is 5.76. The van der Waals surface area contributed by atoms with E-state index in [1.165, 1.54) is 0 Å². The Balaban J connectivity index is 1.63. The molecule has 0 radical (unpaired) electrons. The van der Waals surface area contributed by atoms with E-state index in [1.807, 2.05) is 0 Å². The lowest BCUT2D eigenvalue weighted by atomic mass is 10.2. The summed E-state index contributed by atoms with van der Waals surface area (Å²) in [5.41, 5.74) is 0. The Bertz CT molecular complexity index is 418. The molecule has 1 aromatic heterocycles. The second kappa shape index (κ2) is 6.62. The van der Waals surface area contributed by atoms with Gasteiger partial charge in [0.25, 0.3) is 5.89 Å². The molecule has 2 saturated heterocycles. The third-order valence-electron chi connectivity index (χ3n) is 3.64. The quantitative estimate of drug-likeness (QED) is 0.862. The molecule has 0 bridgehead atoms. The molecule has 1 aromatic rings. The first-order valence-electron chi connectivity index (χ1n) is 7.36. The standard InChI is InChI=1S/C13H22N4O3/c1-2-4-17-5-7-19-11(9-17)12-15-13(20-16-12)10-8-14-3-6-18-10/h10-11,14H,2-9H2,1H3. The average molecular weight is 282 g/mol. The van der Waals surface area contributed by atoms with E-state index in [1.54, 1.807) is 0 Å². The van der Waals surface area contributed by atoms with Crippen LogP contribution < -0.4 is 5.32 Å². The van der Waals surface area contributed by atoms with Crippen LogP contribution in [0.3, 0.4) is 0 Å². The predicted octanol–water partition coefficient (Wildman–Crippen LogP) is 0.514. The minimum atomic E-state index is -0.139. The number of ether oxygens (including phenoxy) is 2. The van der Waals surface area contributed by atoms with Gasteiger partial charge in [0.05, 0.1) is 13.2 Å². The molecule has 7 nitrogen and oxygen atoms in total. The van der Waals surface area contributed by atoms with Gasteiger partial charge in [0.15, 0.2) is 0 Å². The lowest BCUT2D eigenvalue weighted by molar-refractivity contribution is -0.0350. The molecular weight excluding hydrogens is 260 g/mol. The SMILES string of the molecule is CCCN1CCOC(c2noc(C3CNCCO3)n2)C1. The maximum atomic E-state index is 5.76. The van der Waals surface area contributed by atoms with Gasteiger partial charge in [-0.1, -0.05) is 12.1 Å². The molecule has 0 aliphatic carbocycles. The smallest absolute Gasteiger partial charge is 0.257 e. The topological polar surface area (TPSA) is 72.7 Å². The average Bonchev–Trinajstić information content (AvgIpc) is 2.99. The van der Waals surface area contributed by atoms with Crippen LogP contribution in [0.4, 0.5) is 0 Å². The summed E-state index contributed by atoms with van der Waals surface area (Å²) in [5, 5.41) is 7.32. The van der Waals surface area contributed by atoms with E-state index < -0.39 is 0 Å². The zero-order valence-electron chi connectivity index (χ0n) is 11.9. The van der Waals surface area contributed by atoms with Crippen LogP contribution in [0.1, 0.15) is 37.3 Å². The van der Waals surface area contributed by atoms with Crippen LogP contribution in [0.2, 0.25) is 0 Å². The normalized spacial score (nSPS) is 28.6. The van der Waals surface area contributed by atoms with E-state index in [0.29, 0.717) is 18.3 Å². The van der Waals surface area contributed by atoms with Gasteiger partial charge >= 0.3 is 0 Å². The van der Waals surface area contributed by atoms with Crippen molar-refractivity contribution < 1.29 is 14.0 Å². The van der Waals surface area contributed by atoms with Crippen molar-refractivity contribution in [2.24, 2.45) is 0 Å². The molecule has 2 aliphatic rings. The third-order valence-corrected chi connectivity index (χ3v) is 3.64. The van der Waals surface area contributed by atoms with Crippen molar-refractivity contribution in [2.75, 3.05) is 45.9 Å². The Labute approximate surface area is 118 Å². The number of morpholine rings is 2. The second-order valence-corrected chi connectivity index (χ2v) is 5.21. The lowest BCUT2D eigenvalue weighted by Crippen LogP contribution is -2.39. The number of nitrogens with one attached hydrogen (secondary N) is 1. The highest BCUT2D eigenvalue weighted by atomic mass is 16.5. The van der Waals surface area contributed by atoms with Crippen LogP contribution >= 0.6 is 0 Å². The van der Waals surface area contributed by atoms with Gasteiger partial charge in [0, 0.05) is 26.2 Å². The second-order valence-electron chi connectivity index (χ2n) is 5.21. The van der Waals surface area contributed by atoms with Gasteiger partial charge in [-0.3, -0.25) is 4.90 Å². The van der Waals surface area contributed by atoms with Crippen LogP contribution in [0, 0.1) is 0 Å². The third kappa shape index (κ3) is 3.17. The molecule has 2 unspecified atom stereocenters. The number of nitrogens with zero attached hydrogens (tertiary/aromatic N) is 3. The summed E-state index contributed by atoms with van der Waals surface area (Å²) in [6.45, 7) is 8.05. The van der Waals surface area contributed by atoms with E-state index >= 15 is 0 Å². The highest BCUT2D eigenvalue weighted by Gasteiger charge is 2.28. The zero-order valence-corrected chi connectivity index (χ0v) is 11.9. The fraction of sp³-hybridized carbons (Fsp3) is 0.846. The predicted molar refractivity (Wildman–Crippen MR) is 71.3 cm³/mol. The summed E-state index contributed by atoms with van der Waals surface area (Å²) in [6, 6.07) is 0. The van der Waals surface area contributed by atoms with E-state index in [-0.39, 0.29) is 12.2 Å². The summed E-state index contributed by atoms with van der Waals surface area (Å²) in [4.78, 5) is 6.84. The fourth-order valence-corrected chi connectivity index (χ4v) is 2.61. The number of hydrogen-bond donors (Lipinski definition) is 1. The molecule has 2 fully saturated rings. The van der Waals surface area contributed by atoms with Crippen LogP contribution in [0.15, 0.2) is 4.52 Å². The molecule has 0 amide bonds. The number of aromatic nitrogens is 2. The summed E-state index contributed by atoms with van der Waals surface area (Å²) < 4.78 is 16.7. The van der Waals surface area contributed by atoms with E-state index in [4.69, 9.17) is 14.0 Å². The van der Waals surface area contributed by atoms with E-state index in [2.05, 4.69) is 27.3 Å². The minimum absolute atomic E-state index is 0.0932. The van der Waals surface area contributed by atoms with E-state index in [9.17, 15) is 0 Å². The van der Waals surface area contributed by atoms with Crippen molar-refractivity contribution in [3.8, 4) is 0 Å². The Kier molecular flexibility index (Phi) is 4.62. The van der Waals surface area contributed by atoms with Crippen molar-refractivity contribution in [3.63, 3.8) is 0 Å². The van der Waals surface area contributed by atoms with Crippen molar-refractivity contribution in [1.82, 2.24) is 20.4 Å². The summed E-state index contributed by atoms with van der Waals surface area (Å²) >= 11 is 0. The minimum Gasteiger partial charge on any atom is -0.367 e. The number of hydrogen-bond acceptors (Lipinski definition) is 7. The first-order chi connectivity index (χ1) is 9.86. The Hall–Kier alpha value is -1.02. The van der Waals surface area contributed by atoms with Crippen LogP contribution in [-0.4, -0.2) is 61.0 Å². The molecular formula is C13H22N4O3. The molecule has 3 rings (SSSR count). The largest absolute Gasteiger partial charge is 0.367 e. The maximum Gasteiger partial charge on any atom is 0.257 e. The van der Waals surface area contributed by atoms with Gasteiger partial charge in [-0.15, -0.1) is 0 Å². The molecule has 0 saturated carbocycles. The first kappa shape index (κ1) is 13.9. The Morgan fingerprint density at radius 1 is 1.30 bits per heavy atom. The molecule has 0 aromatic carbocycles. The van der Waals surface area contributed by atoms with Gasteiger partial charge in [0.2, 0.25) is 5.82 Å². The highest BCUT2D eigenvalue weighted by Crippen LogP contribution is 2.23. The van der Waals surface area contributed by atoms with Crippen LogP contribution in [0.25, 0.3) is 0 Å².